The summed E-state index contributed by atoms with van der Waals surface area (Å²) in [4.78, 5) is 25.9. The van der Waals surface area contributed by atoms with Gasteiger partial charge in [0, 0.05) is 0 Å². The Bertz CT molecular complexity index is 1350. The Morgan fingerprint density at radius 1 is 0.811 bits per heavy atom. The number of benzene rings is 3. The van der Waals surface area contributed by atoms with E-state index in [9.17, 15) is 35.9 Å². The van der Waals surface area contributed by atoms with Gasteiger partial charge in [0.2, 0.25) is 0 Å². The van der Waals surface area contributed by atoms with Crippen molar-refractivity contribution in [3.05, 3.63) is 111 Å². The Kier molecular flexibility index (Phi) is 6.75. The molecular weight excluding hydrogens is 496 g/mol. The zero-order valence-electron chi connectivity index (χ0n) is 19.7. The average molecular weight is 517 g/mol. The smallest absolute Gasteiger partial charge is 0.270 e. The molecule has 3 aromatic carbocycles. The first kappa shape index (κ1) is 26.2. The van der Waals surface area contributed by atoms with Gasteiger partial charge in [0.15, 0.2) is 0 Å². The van der Waals surface area contributed by atoms with Crippen molar-refractivity contribution in [2.75, 3.05) is 0 Å². The van der Waals surface area contributed by atoms with Crippen LogP contribution in [-0.4, -0.2) is 22.9 Å². The van der Waals surface area contributed by atoms with Crippen molar-refractivity contribution < 1.29 is 35.9 Å². The SMILES string of the molecule is Cc1cc(C)cc(C(/C=C/c2ccc(CN3C(=O)c4ccccc4C3=O)c(C(F)(F)F)c2)C(F)(F)F)c1. The average Bonchev–Trinajstić information content (AvgIpc) is 3.03. The second-order valence-electron chi connectivity index (χ2n) is 8.96. The van der Waals surface area contributed by atoms with Crippen molar-refractivity contribution >= 4 is 17.9 Å². The van der Waals surface area contributed by atoms with Gasteiger partial charge in [-0.05, 0) is 48.7 Å². The largest absolute Gasteiger partial charge is 0.416 e. The lowest BCUT2D eigenvalue weighted by molar-refractivity contribution is -0.140. The summed E-state index contributed by atoms with van der Waals surface area (Å²) < 4.78 is 83.2. The molecule has 0 spiro atoms. The first-order valence-corrected chi connectivity index (χ1v) is 11.2. The second-order valence-corrected chi connectivity index (χ2v) is 8.96. The Morgan fingerprint density at radius 2 is 1.38 bits per heavy atom. The molecule has 9 heteroatoms. The van der Waals surface area contributed by atoms with Crippen molar-refractivity contribution in [3.8, 4) is 0 Å². The standard InChI is InChI=1S/C28H21F6NO2/c1-16-11-17(2)13-20(12-16)23(27(29,30)31)10-8-18-7-9-19(24(14-18)28(32,33)34)15-35-25(36)21-5-3-4-6-22(21)26(35)37/h3-14,23H,15H2,1-2H3/b10-8+. The molecule has 0 aromatic heterocycles. The summed E-state index contributed by atoms with van der Waals surface area (Å²) >= 11 is 0. The molecule has 1 unspecified atom stereocenters. The van der Waals surface area contributed by atoms with E-state index >= 15 is 0 Å². The van der Waals surface area contributed by atoms with Crippen molar-refractivity contribution in [1.29, 1.82) is 0 Å². The molecular formula is C28H21F6NO2. The highest BCUT2D eigenvalue weighted by atomic mass is 19.4. The van der Waals surface area contributed by atoms with E-state index in [1.807, 2.05) is 0 Å². The van der Waals surface area contributed by atoms with E-state index in [4.69, 9.17) is 0 Å². The molecule has 0 radical (unpaired) electrons. The van der Waals surface area contributed by atoms with Gasteiger partial charge in [-0.2, -0.15) is 26.3 Å². The predicted molar refractivity (Wildman–Crippen MR) is 126 cm³/mol. The van der Waals surface area contributed by atoms with E-state index in [1.54, 1.807) is 32.0 Å². The molecule has 1 heterocycles. The normalized spacial score (nSPS) is 15.0. The highest BCUT2D eigenvalue weighted by Gasteiger charge is 2.40. The van der Waals surface area contributed by atoms with Gasteiger partial charge in [-0.1, -0.05) is 65.7 Å². The van der Waals surface area contributed by atoms with Gasteiger partial charge in [-0.15, -0.1) is 0 Å². The van der Waals surface area contributed by atoms with Crippen LogP contribution in [0.1, 0.15) is 60.0 Å². The summed E-state index contributed by atoms with van der Waals surface area (Å²) in [6.07, 6.45) is -7.70. The van der Waals surface area contributed by atoms with Crippen LogP contribution < -0.4 is 0 Å². The third kappa shape index (κ3) is 5.45. The lowest BCUT2D eigenvalue weighted by atomic mass is 9.93. The highest BCUT2D eigenvalue weighted by Crippen LogP contribution is 2.38. The number of imide groups is 1. The summed E-state index contributed by atoms with van der Waals surface area (Å²) in [5.74, 6) is -3.43. The molecule has 3 nitrogen and oxygen atoms in total. The molecule has 1 aliphatic heterocycles. The minimum Gasteiger partial charge on any atom is -0.270 e. The van der Waals surface area contributed by atoms with Crippen LogP contribution in [-0.2, 0) is 12.7 Å². The number of carbonyl (C=O) groups excluding carboxylic acids is 2. The van der Waals surface area contributed by atoms with Crippen LogP contribution in [0.2, 0.25) is 0 Å². The number of carbonyl (C=O) groups is 2. The molecule has 0 aliphatic carbocycles. The van der Waals surface area contributed by atoms with E-state index in [1.165, 1.54) is 30.3 Å². The van der Waals surface area contributed by atoms with Crippen LogP contribution in [0.3, 0.4) is 0 Å². The molecule has 2 amide bonds. The van der Waals surface area contributed by atoms with Gasteiger partial charge in [0.25, 0.3) is 11.8 Å². The Morgan fingerprint density at radius 3 is 1.89 bits per heavy atom. The number of halogens is 6. The van der Waals surface area contributed by atoms with Crippen molar-refractivity contribution in [2.24, 2.45) is 0 Å². The van der Waals surface area contributed by atoms with E-state index in [0.29, 0.717) is 11.1 Å². The fourth-order valence-electron chi connectivity index (χ4n) is 4.46. The number of nitrogens with zero attached hydrogens (tertiary/aromatic N) is 1. The maximum absolute atomic E-state index is 13.9. The zero-order chi connectivity index (χ0) is 27.1. The minimum absolute atomic E-state index is 0.0143. The molecule has 1 aliphatic rings. The van der Waals surface area contributed by atoms with E-state index < -0.39 is 42.2 Å². The lowest BCUT2D eigenvalue weighted by Gasteiger charge is -2.20. The molecule has 0 fully saturated rings. The lowest BCUT2D eigenvalue weighted by Crippen LogP contribution is -2.30. The van der Waals surface area contributed by atoms with E-state index in [-0.39, 0.29) is 27.8 Å². The molecule has 0 saturated carbocycles. The molecule has 192 valence electrons. The number of hydrogen-bond acceptors (Lipinski definition) is 2. The maximum Gasteiger partial charge on any atom is 0.416 e. The number of rotatable bonds is 5. The van der Waals surface area contributed by atoms with Crippen LogP contribution >= 0.6 is 0 Å². The summed E-state index contributed by atoms with van der Waals surface area (Å²) in [6, 6.07) is 13.5. The Labute approximate surface area is 209 Å². The van der Waals surface area contributed by atoms with Crippen LogP contribution in [0, 0.1) is 13.8 Å². The highest BCUT2D eigenvalue weighted by molar-refractivity contribution is 6.21. The van der Waals surface area contributed by atoms with Gasteiger partial charge >= 0.3 is 12.4 Å². The summed E-state index contributed by atoms with van der Waals surface area (Å²) in [7, 11) is 0. The van der Waals surface area contributed by atoms with Crippen LogP contribution in [0.25, 0.3) is 6.08 Å². The third-order valence-electron chi connectivity index (χ3n) is 6.08. The molecule has 37 heavy (non-hydrogen) atoms. The topological polar surface area (TPSA) is 37.4 Å². The number of amides is 2. The number of alkyl halides is 6. The van der Waals surface area contributed by atoms with Crippen LogP contribution in [0.15, 0.2) is 66.7 Å². The Hall–Kier alpha value is -3.88. The second kappa shape index (κ2) is 9.53. The molecule has 4 rings (SSSR count). The predicted octanol–water partition coefficient (Wildman–Crippen LogP) is 7.48. The molecule has 0 bridgehead atoms. The molecule has 1 atom stereocenters. The summed E-state index contributed by atoms with van der Waals surface area (Å²) in [5.41, 5.74) is -0.127. The number of aryl methyl sites for hydroxylation is 2. The van der Waals surface area contributed by atoms with Crippen molar-refractivity contribution in [3.63, 3.8) is 0 Å². The third-order valence-corrected chi connectivity index (χ3v) is 6.08. The van der Waals surface area contributed by atoms with E-state index in [0.717, 1.165) is 29.2 Å². The van der Waals surface area contributed by atoms with Gasteiger partial charge in [-0.25, -0.2) is 0 Å². The first-order chi connectivity index (χ1) is 17.3. The number of fused-ring (bicyclic) bond motifs is 1. The molecule has 3 aromatic rings. The van der Waals surface area contributed by atoms with Gasteiger partial charge in [-0.3, -0.25) is 14.5 Å². The summed E-state index contributed by atoms with van der Waals surface area (Å²) in [6.45, 7) is 2.70. The van der Waals surface area contributed by atoms with E-state index in [2.05, 4.69) is 0 Å². The number of allylic oxidation sites excluding steroid dienone is 1. The van der Waals surface area contributed by atoms with Gasteiger partial charge in [0.05, 0.1) is 29.2 Å². The first-order valence-electron chi connectivity index (χ1n) is 11.2. The van der Waals surface area contributed by atoms with Crippen molar-refractivity contribution in [1.82, 2.24) is 4.90 Å². The minimum atomic E-state index is -4.87. The fraction of sp³-hybridized carbons (Fsp3) is 0.214. The fourth-order valence-corrected chi connectivity index (χ4v) is 4.46. The van der Waals surface area contributed by atoms with Gasteiger partial charge in [0.1, 0.15) is 0 Å². The molecule has 0 N–H and O–H groups in total. The summed E-state index contributed by atoms with van der Waals surface area (Å²) in [5, 5.41) is 0. The number of hydrogen-bond donors (Lipinski definition) is 0. The van der Waals surface area contributed by atoms with Crippen LogP contribution in [0.4, 0.5) is 26.3 Å². The Balaban J connectivity index is 1.67. The van der Waals surface area contributed by atoms with Crippen LogP contribution in [0.5, 0.6) is 0 Å². The maximum atomic E-state index is 13.9. The monoisotopic (exact) mass is 517 g/mol. The van der Waals surface area contributed by atoms with Gasteiger partial charge < -0.3 is 0 Å². The zero-order valence-corrected chi connectivity index (χ0v) is 19.7. The van der Waals surface area contributed by atoms with Crippen molar-refractivity contribution in [2.45, 2.75) is 38.7 Å². The molecule has 0 saturated heterocycles. The quantitative estimate of drug-likeness (QED) is 0.260.